The zero-order chi connectivity index (χ0) is 15.4. The monoisotopic (exact) mass is 309 g/mol. The zero-order valence-corrected chi connectivity index (χ0v) is 13.0. The SMILES string of the molecule is CN(Cc1ccsc1)C(=O)/C=C\c1cnc2ccccc2n1. The molecule has 3 rings (SSSR count). The summed E-state index contributed by atoms with van der Waals surface area (Å²) in [6, 6.07) is 9.69. The zero-order valence-electron chi connectivity index (χ0n) is 12.1. The van der Waals surface area contributed by atoms with Crippen molar-refractivity contribution >= 4 is 34.4 Å². The predicted molar refractivity (Wildman–Crippen MR) is 89.4 cm³/mol. The van der Waals surface area contributed by atoms with Gasteiger partial charge in [-0.2, -0.15) is 11.3 Å². The van der Waals surface area contributed by atoms with Crippen molar-refractivity contribution in [3.8, 4) is 0 Å². The number of carbonyl (C=O) groups is 1. The Hall–Kier alpha value is -2.53. The quantitative estimate of drug-likeness (QED) is 0.694. The van der Waals surface area contributed by atoms with Gasteiger partial charge in [0, 0.05) is 19.7 Å². The number of aromatic nitrogens is 2. The normalized spacial score (nSPS) is 11.1. The molecule has 0 aliphatic heterocycles. The van der Waals surface area contributed by atoms with Crippen LogP contribution in [0.3, 0.4) is 0 Å². The first kappa shape index (κ1) is 14.4. The molecule has 0 fully saturated rings. The minimum Gasteiger partial charge on any atom is -0.338 e. The van der Waals surface area contributed by atoms with Crippen LogP contribution in [0.25, 0.3) is 17.1 Å². The standard InChI is InChI=1S/C17H15N3OS/c1-20(11-13-8-9-22-12-13)17(21)7-6-14-10-18-15-4-2-3-5-16(15)19-14/h2-10,12H,11H2,1H3/b7-6-. The van der Waals surface area contributed by atoms with Crippen molar-refractivity contribution in [1.29, 1.82) is 0 Å². The predicted octanol–water partition coefficient (Wildman–Crippen LogP) is 3.36. The molecule has 2 aromatic heterocycles. The second-order valence-electron chi connectivity index (χ2n) is 4.94. The number of fused-ring (bicyclic) bond motifs is 1. The molecule has 2 heterocycles. The van der Waals surface area contributed by atoms with Crippen molar-refractivity contribution in [2.24, 2.45) is 0 Å². The van der Waals surface area contributed by atoms with Crippen LogP contribution >= 0.6 is 11.3 Å². The van der Waals surface area contributed by atoms with Gasteiger partial charge in [-0.05, 0) is 40.6 Å². The summed E-state index contributed by atoms with van der Waals surface area (Å²) in [5.74, 6) is -0.0545. The van der Waals surface area contributed by atoms with Crippen LogP contribution in [0.2, 0.25) is 0 Å². The van der Waals surface area contributed by atoms with Gasteiger partial charge in [0.2, 0.25) is 5.91 Å². The highest BCUT2D eigenvalue weighted by Gasteiger charge is 2.06. The fourth-order valence-electron chi connectivity index (χ4n) is 2.07. The molecule has 0 aliphatic rings. The first-order valence-corrected chi connectivity index (χ1v) is 7.83. The molecule has 110 valence electrons. The molecular formula is C17H15N3OS. The smallest absolute Gasteiger partial charge is 0.246 e. The maximum Gasteiger partial charge on any atom is 0.246 e. The Kier molecular flexibility index (Phi) is 4.25. The lowest BCUT2D eigenvalue weighted by atomic mass is 10.3. The van der Waals surface area contributed by atoms with E-state index in [4.69, 9.17) is 0 Å². The minimum absolute atomic E-state index is 0.0545. The van der Waals surface area contributed by atoms with Crippen LogP contribution in [-0.2, 0) is 11.3 Å². The molecule has 0 saturated heterocycles. The highest BCUT2D eigenvalue weighted by Crippen LogP contribution is 2.11. The maximum atomic E-state index is 12.1. The van der Waals surface area contributed by atoms with E-state index in [0.717, 1.165) is 16.6 Å². The molecule has 0 N–H and O–H groups in total. The number of likely N-dealkylation sites (N-methyl/N-ethyl adjacent to an activating group) is 1. The van der Waals surface area contributed by atoms with Crippen molar-refractivity contribution in [3.63, 3.8) is 0 Å². The van der Waals surface area contributed by atoms with Crippen molar-refractivity contribution in [1.82, 2.24) is 14.9 Å². The van der Waals surface area contributed by atoms with Crippen LogP contribution in [0, 0.1) is 0 Å². The maximum absolute atomic E-state index is 12.1. The van der Waals surface area contributed by atoms with Crippen LogP contribution in [0.5, 0.6) is 0 Å². The fraction of sp³-hybridized carbons (Fsp3) is 0.118. The lowest BCUT2D eigenvalue weighted by Crippen LogP contribution is -2.23. The van der Waals surface area contributed by atoms with Gasteiger partial charge in [-0.25, -0.2) is 4.98 Å². The topological polar surface area (TPSA) is 46.1 Å². The highest BCUT2D eigenvalue weighted by molar-refractivity contribution is 7.07. The molecule has 0 aliphatic carbocycles. The number of hydrogen-bond acceptors (Lipinski definition) is 4. The summed E-state index contributed by atoms with van der Waals surface area (Å²) in [6.45, 7) is 0.607. The Labute approximate surface area is 132 Å². The third-order valence-electron chi connectivity index (χ3n) is 3.24. The van der Waals surface area contributed by atoms with Gasteiger partial charge in [0.05, 0.1) is 22.9 Å². The van der Waals surface area contributed by atoms with Crippen molar-refractivity contribution < 1.29 is 4.79 Å². The average molecular weight is 309 g/mol. The van der Waals surface area contributed by atoms with Gasteiger partial charge in [0.1, 0.15) is 0 Å². The van der Waals surface area contributed by atoms with E-state index in [1.54, 1.807) is 35.6 Å². The number of amides is 1. The van der Waals surface area contributed by atoms with Gasteiger partial charge in [0.25, 0.3) is 0 Å². The van der Waals surface area contributed by atoms with Gasteiger partial charge < -0.3 is 4.90 Å². The van der Waals surface area contributed by atoms with Crippen molar-refractivity contribution in [3.05, 3.63) is 64.6 Å². The van der Waals surface area contributed by atoms with E-state index >= 15 is 0 Å². The average Bonchev–Trinajstić information content (AvgIpc) is 3.05. The van der Waals surface area contributed by atoms with Gasteiger partial charge in [-0.3, -0.25) is 9.78 Å². The van der Waals surface area contributed by atoms with E-state index < -0.39 is 0 Å². The van der Waals surface area contributed by atoms with Gasteiger partial charge in [-0.1, -0.05) is 12.1 Å². The number of carbonyl (C=O) groups excluding carboxylic acids is 1. The number of nitrogens with zero attached hydrogens (tertiary/aromatic N) is 3. The minimum atomic E-state index is -0.0545. The Morgan fingerprint density at radius 3 is 2.86 bits per heavy atom. The molecule has 0 spiro atoms. The Balaban J connectivity index is 1.70. The summed E-state index contributed by atoms with van der Waals surface area (Å²) in [6.07, 6.45) is 4.90. The first-order valence-electron chi connectivity index (χ1n) is 6.88. The van der Waals surface area contributed by atoms with Gasteiger partial charge in [0.15, 0.2) is 0 Å². The molecule has 3 aromatic rings. The van der Waals surface area contributed by atoms with Crippen LogP contribution < -0.4 is 0 Å². The summed E-state index contributed by atoms with van der Waals surface area (Å²) in [7, 11) is 1.79. The van der Waals surface area contributed by atoms with Crippen molar-refractivity contribution in [2.75, 3.05) is 7.05 Å². The second kappa shape index (κ2) is 6.49. The molecular weight excluding hydrogens is 294 g/mol. The van der Waals surface area contributed by atoms with Crippen LogP contribution in [0.1, 0.15) is 11.3 Å². The van der Waals surface area contributed by atoms with E-state index in [1.807, 2.05) is 41.1 Å². The van der Waals surface area contributed by atoms with E-state index in [0.29, 0.717) is 12.2 Å². The lowest BCUT2D eigenvalue weighted by Gasteiger charge is -2.13. The molecule has 1 amide bonds. The molecule has 0 saturated carbocycles. The number of para-hydroxylation sites is 2. The molecule has 0 atom stereocenters. The first-order chi connectivity index (χ1) is 10.7. The van der Waals surface area contributed by atoms with E-state index in [9.17, 15) is 4.79 Å². The second-order valence-corrected chi connectivity index (χ2v) is 5.72. The number of hydrogen-bond donors (Lipinski definition) is 0. The largest absolute Gasteiger partial charge is 0.338 e. The number of benzene rings is 1. The number of rotatable bonds is 4. The Morgan fingerprint density at radius 1 is 1.27 bits per heavy atom. The van der Waals surface area contributed by atoms with Gasteiger partial charge in [-0.15, -0.1) is 0 Å². The van der Waals surface area contributed by atoms with E-state index in [2.05, 4.69) is 9.97 Å². The summed E-state index contributed by atoms with van der Waals surface area (Å²) >= 11 is 1.63. The van der Waals surface area contributed by atoms with E-state index in [1.165, 1.54) is 6.08 Å². The van der Waals surface area contributed by atoms with Crippen LogP contribution in [0.15, 0.2) is 53.4 Å². The Bertz CT molecular complexity index is 812. The molecule has 4 nitrogen and oxygen atoms in total. The molecule has 0 bridgehead atoms. The van der Waals surface area contributed by atoms with E-state index in [-0.39, 0.29) is 5.91 Å². The highest BCUT2D eigenvalue weighted by atomic mass is 32.1. The Morgan fingerprint density at radius 2 is 2.09 bits per heavy atom. The van der Waals surface area contributed by atoms with Gasteiger partial charge >= 0.3 is 0 Å². The summed E-state index contributed by atoms with van der Waals surface area (Å²) in [5.41, 5.74) is 3.49. The molecule has 0 unspecified atom stereocenters. The molecule has 5 heteroatoms. The molecule has 22 heavy (non-hydrogen) atoms. The molecule has 1 aromatic carbocycles. The third-order valence-corrected chi connectivity index (χ3v) is 3.97. The third kappa shape index (κ3) is 3.38. The lowest BCUT2D eigenvalue weighted by molar-refractivity contribution is -0.125. The molecule has 0 radical (unpaired) electrons. The fourth-order valence-corrected chi connectivity index (χ4v) is 2.73. The summed E-state index contributed by atoms with van der Waals surface area (Å²) in [4.78, 5) is 22.6. The van der Waals surface area contributed by atoms with Crippen LogP contribution in [-0.4, -0.2) is 27.8 Å². The number of thiophene rings is 1. The summed E-state index contributed by atoms with van der Waals surface area (Å²) in [5, 5.41) is 4.05. The van der Waals surface area contributed by atoms with Crippen LogP contribution in [0.4, 0.5) is 0 Å². The van der Waals surface area contributed by atoms with Crippen molar-refractivity contribution in [2.45, 2.75) is 6.54 Å². The summed E-state index contributed by atoms with van der Waals surface area (Å²) < 4.78 is 0.